The molecule has 9 nitrogen and oxygen atoms in total. The second-order valence-corrected chi connectivity index (χ2v) is 6.10. The van der Waals surface area contributed by atoms with Crippen LogP contribution >= 0.6 is 10.9 Å². The summed E-state index contributed by atoms with van der Waals surface area (Å²) >= 11 is 0. The van der Waals surface area contributed by atoms with Gasteiger partial charge in [0.1, 0.15) is 0 Å². The van der Waals surface area contributed by atoms with Gasteiger partial charge in [0.15, 0.2) is 0 Å². The van der Waals surface area contributed by atoms with Crippen molar-refractivity contribution in [3.8, 4) is 0 Å². The molecule has 0 bridgehead atoms. The Hall–Kier alpha value is -3.01. The van der Waals surface area contributed by atoms with E-state index in [2.05, 4.69) is 4.42 Å². The normalized spacial score (nSPS) is 15.2. The maximum Gasteiger partial charge on any atom is 0.372 e. The van der Waals surface area contributed by atoms with Gasteiger partial charge in [0.2, 0.25) is 11.5 Å². The number of furan rings is 1. The smallest absolute Gasteiger partial charge is 0.372 e. The Morgan fingerprint density at radius 3 is 1.68 bits per heavy atom. The largest absolute Gasteiger partial charge is 0.477 e. The molecule has 2 heterocycles. The van der Waals surface area contributed by atoms with Crippen LogP contribution in [0.3, 0.4) is 0 Å². The van der Waals surface area contributed by atoms with Crippen LogP contribution in [0.15, 0.2) is 37.3 Å². The van der Waals surface area contributed by atoms with Crippen LogP contribution in [0.4, 0.5) is 0 Å². The Balaban J connectivity index is 2.65. The second-order valence-electron chi connectivity index (χ2n) is 3.98. The summed E-state index contributed by atoms with van der Waals surface area (Å²) < 4.78 is 4.68. The molecule has 2 rings (SSSR count). The van der Waals surface area contributed by atoms with Crippen molar-refractivity contribution < 1.29 is 44.0 Å². The minimum absolute atomic E-state index is 0.278. The summed E-state index contributed by atoms with van der Waals surface area (Å²) in [4.78, 5) is 43.5. The fourth-order valence-corrected chi connectivity index (χ4v) is 4.04. The highest BCUT2D eigenvalue weighted by atomic mass is 32.2. The van der Waals surface area contributed by atoms with Crippen molar-refractivity contribution in [2.45, 2.75) is 4.90 Å². The third-order valence-corrected chi connectivity index (χ3v) is 5.14. The fourth-order valence-electron chi connectivity index (χ4n) is 1.84. The Kier molecular flexibility index (Phi) is 3.78. The summed E-state index contributed by atoms with van der Waals surface area (Å²) in [6.07, 6.45) is 2.10. The topological polar surface area (TPSA) is 162 Å². The summed E-state index contributed by atoms with van der Waals surface area (Å²) in [5.41, 5.74) is 0. The van der Waals surface area contributed by atoms with Gasteiger partial charge in [-0.25, -0.2) is 19.2 Å². The lowest BCUT2D eigenvalue weighted by atomic mass is 10.4. The molecule has 10 heteroatoms. The first-order valence-electron chi connectivity index (χ1n) is 5.53. The quantitative estimate of drug-likeness (QED) is 0.496. The molecule has 0 saturated heterocycles. The van der Waals surface area contributed by atoms with Crippen LogP contribution in [0.5, 0.6) is 0 Å². The van der Waals surface area contributed by atoms with Gasteiger partial charge in [0, 0.05) is 6.07 Å². The van der Waals surface area contributed by atoms with E-state index >= 15 is 0 Å². The van der Waals surface area contributed by atoms with Crippen LogP contribution in [0.1, 0.15) is 21.1 Å². The van der Waals surface area contributed by atoms with Crippen LogP contribution in [0.2, 0.25) is 0 Å². The molecule has 4 N–H and O–H groups in total. The van der Waals surface area contributed by atoms with Crippen LogP contribution < -0.4 is 0 Å². The summed E-state index contributed by atoms with van der Waals surface area (Å²) in [5, 5.41) is 36.2. The number of thiol groups is 1. The first kappa shape index (κ1) is 15.4. The number of carbonyl (C=O) groups is 4. The molecule has 0 fully saturated rings. The lowest BCUT2D eigenvalue weighted by Crippen LogP contribution is -2.07. The number of hydrogen-bond acceptors (Lipinski definition) is 5. The second kappa shape index (κ2) is 5.41. The van der Waals surface area contributed by atoms with E-state index in [1.807, 2.05) is 0 Å². The third-order valence-electron chi connectivity index (χ3n) is 2.68. The molecule has 0 unspecified atom stereocenters. The summed E-state index contributed by atoms with van der Waals surface area (Å²) in [6.45, 7) is 0. The van der Waals surface area contributed by atoms with Crippen molar-refractivity contribution in [2.24, 2.45) is 0 Å². The van der Waals surface area contributed by atoms with Gasteiger partial charge in [-0.05, 0) is 12.2 Å². The Bertz CT molecular complexity index is 738. The van der Waals surface area contributed by atoms with E-state index in [0.717, 1.165) is 18.2 Å². The van der Waals surface area contributed by atoms with Crippen LogP contribution in [0.25, 0.3) is 0 Å². The average Bonchev–Trinajstić information content (AvgIpc) is 3.02. The number of allylic oxidation sites excluding steroid dienone is 2. The fraction of sp³-hybridized carbons (Fsp3) is 0. The summed E-state index contributed by atoms with van der Waals surface area (Å²) in [6, 6.07) is 0.844. The summed E-state index contributed by atoms with van der Waals surface area (Å²) in [7, 11) is -2.22. The van der Waals surface area contributed by atoms with Gasteiger partial charge in [-0.2, -0.15) is 10.9 Å². The van der Waals surface area contributed by atoms with Gasteiger partial charge in [0.25, 0.3) is 0 Å². The van der Waals surface area contributed by atoms with Gasteiger partial charge < -0.3 is 24.8 Å². The zero-order valence-electron chi connectivity index (χ0n) is 10.5. The Labute approximate surface area is 124 Å². The minimum Gasteiger partial charge on any atom is -0.477 e. The number of carboxylic acids is 4. The van der Waals surface area contributed by atoms with E-state index in [9.17, 15) is 19.2 Å². The zero-order valence-corrected chi connectivity index (χ0v) is 11.4. The van der Waals surface area contributed by atoms with Gasteiger partial charge in [-0.1, -0.05) is 0 Å². The van der Waals surface area contributed by atoms with E-state index in [0.29, 0.717) is 0 Å². The number of carboxylic acid groups (broad SMARTS) is 4. The molecule has 0 aromatic carbocycles. The Morgan fingerprint density at radius 1 is 0.818 bits per heavy atom. The van der Waals surface area contributed by atoms with Crippen molar-refractivity contribution in [1.82, 2.24) is 0 Å². The van der Waals surface area contributed by atoms with Gasteiger partial charge >= 0.3 is 23.9 Å². The molecule has 0 amide bonds. The molecule has 0 atom stereocenters. The lowest BCUT2D eigenvalue weighted by molar-refractivity contribution is -0.132. The monoisotopic (exact) mass is 328 g/mol. The van der Waals surface area contributed by atoms with Crippen LogP contribution in [0, 0.1) is 0 Å². The molecule has 0 spiro atoms. The van der Waals surface area contributed by atoms with Crippen LogP contribution in [-0.4, -0.2) is 44.3 Å². The molecule has 1 aromatic heterocycles. The predicted octanol–water partition coefficient (Wildman–Crippen LogP) is 0.987. The zero-order chi connectivity index (χ0) is 16.6. The molecule has 116 valence electrons. The molecule has 22 heavy (non-hydrogen) atoms. The maximum atomic E-state index is 11.2. The highest BCUT2D eigenvalue weighted by Gasteiger charge is 2.35. The average molecular weight is 328 g/mol. The molecule has 1 aliphatic heterocycles. The van der Waals surface area contributed by atoms with Crippen LogP contribution in [-0.2, 0) is 9.59 Å². The van der Waals surface area contributed by atoms with Gasteiger partial charge in [-0.3, -0.25) is 0 Å². The van der Waals surface area contributed by atoms with E-state index in [1.54, 1.807) is 0 Å². The molecular weight excluding hydrogens is 320 g/mol. The lowest BCUT2D eigenvalue weighted by Gasteiger charge is -2.18. The maximum absolute atomic E-state index is 11.2. The van der Waals surface area contributed by atoms with E-state index in [1.165, 1.54) is 0 Å². The van der Waals surface area contributed by atoms with E-state index < -0.39 is 46.3 Å². The molecular formula is C12H8O9S. The highest BCUT2D eigenvalue weighted by molar-refractivity contribution is 8.25. The standard InChI is InChI=1S/C12H8O9S/c13-9(14)4-3-7(8(21-4)12(19)20)22-5(10(15)16)1-2-6(22)11(17)18/h1-3,22H,(H,13,14)(H,15,16)(H,17,18)(H,19,20). The number of aliphatic carboxylic acids is 2. The first-order valence-corrected chi connectivity index (χ1v) is 6.87. The first-order chi connectivity index (χ1) is 10.2. The molecule has 0 radical (unpaired) electrons. The molecule has 1 aliphatic rings. The van der Waals surface area contributed by atoms with Gasteiger partial charge in [0.05, 0.1) is 14.7 Å². The number of hydrogen-bond donors (Lipinski definition) is 5. The molecule has 0 aliphatic carbocycles. The highest BCUT2D eigenvalue weighted by Crippen LogP contribution is 2.55. The van der Waals surface area contributed by atoms with Crippen molar-refractivity contribution in [1.29, 1.82) is 0 Å². The van der Waals surface area contributed by atoms with E-state index in [4.69, 9.17) is 20.4 Å². The molecule has 0 saturated carbocycles. The predicted molar refractivity (Wildman–Crippen MR) is 71.3 cm³/mol. The van der Waals surface area contributed by atoms with E-state index in [-0.39, 0.29) is 14.7 Å². The Morgan fingerprint density at radius 2 is 1.32 bits per heavy atom. The van der Waals surface area contributed by atoms with Crippen molar-refractivity contribution in [2.75, 3.05) is 0 Å². The van der Waals surface area contributed by atoms with Gasteiger partial charge in [-0.15, -0.1) is 0 Å². The third kappa shape index (κ3) is 2.46. The number of aromatic carboxylic acids is 2. The SMILES string of the molecule is O=C(O)C1=CC=C(C(=O)O)[SH]1c1cc(C(=O)O)oc1C(=O)O. The van der Waals surface area contributed by atoms with Crippen molar-refractivity contribution in [3.05, 3.63) is 39.5 Å². The van der Waals surface area contributed by atoms with Crippen molar-refractivity contribution in [3.63, 3.8) is 0 Å². The molecule has 1 aromatic rings. The number of rotatable bonds is 5. The summed E-state index contributed by atoms with van der Waals surface area (Å²) in [5.74, 6) is -7.52. The van der Waals surface area contributed by atoms with Crippen molar-refractivity contribution >= 4 is 34.8 Å². The minimum atomic E-state index is -2.22.